The third kappa shape index (κ3) is 5.98. The molecular formula is C21H27NO5. The van der Waals surface area contributed by atoms with Crippen molar-refractivity contribution in [3.8, 4) is 11.5 Å². The molecule has 2 aromatic carbocycles. The quantitative estimate of drug-likeness (QED) is 0.539. The monoisotopic (exact) mass is 373 g/mol. The zero-order valence-electron chi connectivity index (χ0n) is 15.8. The molecule has 0 amide bonds. The first-order chi connectivity index (χ1) is 12.7. The van der Waals surface area contributed by atoms with Gasteiger partial charge in [0.2, 0.25) is 0 Å². The average Bonchev–Trinajstić information content (AvgIpc) is 2.62. The van der Waals surface area contributed by atoms with E-state index < -0.39 is 17.7 Å². The minimum absolute atomic E-state index is 0.145. The number of ether oxygens (including phenoxy) is 1. The second-order valence-corrected chi connectivity index (χ2v) is 7.09. The number of carboxylic acids is 1. The van der Waals surface area contributed by atoms with Crippen LogP contribution in [0.5, 0.6) is 11.5 Å². The maximum Gasteiger partial charge on any atom is 0.347 e. The van der Waals surface area contributed by atoms with Gasteiger partial charge in [0.05, 0.1) is 6.10 Å². The molecule has 0 bridgehead atoms. The van der Waals surface area contributed by atoms with Crippen molar-refractivity contribution in [3.63, 3.8) is 0 Å². The first-order valence-electron chi connectivity index (χ1n) is 8.91. The van der Waals surface area contributed by atoms with Gasteiger partial charge in [-0.1, -0.05) is 24.3 Å². The van der Waals surface area contributed by atoms with E-state index in [-0.39, 0.29) is 11.8 Å². The molecule has 6 heteroatoms. The molecule has 2 atom stereocenters. The molecule has 0 heterocycles. The molecule has 0 aliphatic rings. The van der Waals surface area contributed by atoms with Crippen molar-refractivity contribution in [2.45, 2.75) is 44.9 Å². The number of aromatic hydroxyl groups is 1. The Morgan fingerprint density at radius 1 is 1.11 bits per heavy atom. The number of nitrogens with one attached hydrogen (secondary N) is 1. The Balaban J connectivity index is 1.82. The van der Waals surface area contributed by atoms with Crippen LogP contribution in [-0.4, -0.2) is 39.5 Å². The van der Waals surface area contributed by atoms with E-state index in [0.717, 1.165) is 17.5 Å². The number of carbonyl (C=O) groups is 1. The molecule has 0 spiro atoms. The standard InChI is InChI=1S/C21H27NO5/c1-14(19(24)16-6-8-17(23)9-7-16)22-13-12-15-4-10-18(11-5-15)27-21(2,3)20(25)26/h4-11,14,19,22-24H,12-13H2,1-3H3,(H,25,26). The third-order valence-electron chi connectivity index (χ3n) is 4.40. The molecule has 0 aliphatic heterocycles. The second kappa shape index (κ2) is 8.88. The van der Waals surface area contributed by atoms with Crippen molar-refractivity contribution >= 4 is 5.97 Å². The van der Waals surface area contributed by atoms with Gasteiger partial charge in [-0.05, 0) is 69.1 Å². The lowest BCUT2D eigenvalue weighted by Gasteiger charge is -2.22. The highest BCUT2D eigenvalue weighted by molar-refractivity contribution is 5.76. The van der Waals surface area contributed by atoms with Crippen molar-refractivity contribution in [3.05, 3.63) is 59.7 Å². The first-order valence-corrected chi connectivity index (χ1v) is 8.91. The summed E-state index contributed by atoms with van der Waals surface area (Å²) < 4.78 is 5.48. The minimum atomic E-state index is -1.27. The Morgan fingerprint density at radius 3 is 2.26 bits per heavy atom. The molecule has 2 unspecified atom stereocenters. The molecule has 0 aliphatic carbocycles. The highest BCUT2D eigenvalue weighted by Crippen LogP contribution is 2.21. The van der Waals surface area contributed by atoms with Gasteiger partial charge >= 0.3 is 5.97 Å². The van der Waals surface area contributed by atoms with Gasteiger partial charge in [-0.25, -0.2) is 4.79 Å². The van der Waals surface area contributed by atoms with Crippen molar-refractivity contribution < 1.29 is 24.9 Å². The zero-order valence-corrected chi connectivity index (χ0v) is 15.8. The maximum atomic E-state index is 11.1. The fourth-order valence-electron chi connectivity index (χ4n) is 2.58. The summed E-state index contributed by atoms with van der Waals surface area (Å²) in [5.41, 5.74) is 0.549. The van der Waals surface area contributed by atoms with Gasteiger partial charge in [-0.3, -0.25) is 0 Å². The topological polar surface area (TPSA) is 99.0 Å². The van der Waals surface area contributed by atoms with E-state index in [1.54, 1.807) is 36.4 Å². The van der Waals surface area contributed by atoms with Crippen LogP contribution in [0.25, 0.3) is 0 Å². The van der Waals surface area contributed by atoms with E-state index >= 15 is 0 Å². The predicted molar refractivity (Wildman–Crippen MR) is 103 cm³/mol. The summed E-state index contributed by atoms with van der Waals surface area (Å²) in [7, 11) is 0. The van der Waals surface area contributed by atoms with Crippen LogP contribution in [0.15, 0.2) is 48.5 Å². The molecule has 0 radical (unpaired) electrons. The summed E-state index contributed by atoms with van der Waals surface area (Å²) in [6.45, 7) is 5.60. The van der Waals surface area contributed by atoms with Gasteiger partial charge in [-0.15, -0.1) is 0 Å². The van der Waals surface area contributed by atoms with Crippen molar-refractivity contribution in [2.75, 3.05) is 6.54 Å². The number of rotatable bonds is 9. The highest BCUT2D eigenvalue weighted by Gasteiger charge is 2.29. The van der Waals surface area contributed by atoms with Crippen molar-refractivity contribution in [2.24, 2.45) is 0 Å². The lowest BCUT2D eigenvalue weighted by atomic mass is 10.0. The summed E-state index contributed by atoms with van der Waals surface area (Å²) >= 11 is 0. The maximum absolute atomic E-state index is 11.1. The summed E-state index contributed by atoms with van der Waals surface area (Å²) in [6.07, 6.45) is 0.0922. The Morgan fingerprint density at radius 2 is 1.70 bits per heavy atom. The summed E-state index contributed by atoms with van der Waals surface area (Å²) in [6, 6.07) is 13.7. The summed E-state index contributed by atoms with van der Waals surface area (Å²) in [4.78, 5) is 11.1. The van der Waals surface area contributed by atoms with Crippen LogP contribution >= 0.6 is 0 Å². The van der Waals surface area contributed by atoms with E-state index in [9.17, 15) is 15.0 Å². The number of benzene rings is 2. The number of phenols is 1. The Hall–Kier alpha value is -2.57. The fraction of sp³-hybridized carbons (Fsp3) is 0.381. The largest absolute Gasteiger partial charge is 0.508 e. The molecule has 6 nitrogen and oxygen atoms in total. The summed E-state index contributed by atoms with van der Waals surface area (Å²) in [5.74, 6) is -0.335. The van der Waals surface area contributed by atoms with Gasteiger partial charge in [-0.2, -0.15) is 0 Å². The van der Waals surface area contributed by atoms with E-state index in [2.05, 4.69) is 5.32 Å². The van der Waals surface area contributed by atoms with Gasteiger partial charge < -0.3 is 25.4 Å². The molecule has 0 saturated carbocycles. The first kappa shape index (κ1) is 20.7. The van der Waals surface area contributed by atoms with Crippen LogP contribution in [0.4, 0.5) is 0 Å². The molecule has 0 saturated heterocycles. The van der Waals surface area contributed by atoms with Gasteiger partial charge in [0, 0.05) is 6.04 Å². The Bertz CT molecular complexity index is 740. The Labute approximate surface area is 159 Å². The molecule has 146 valence electrons. The number of aliphatic hydroxyl groups is 1. The van der Waals surface area contributed by atoms with Crippen LogP contribution in [-0.2, 0) is 11.2 Å². The number of hydrogen-bond acceptors (Lipinski definition) is 5. The zero-order chi connectivity index (χ0) is 20.0. The smallest absolute Gasteiger partial charge is 0.347 e. The average molecular weight is 373 g/mol. The van der Waals surface area contributed by atoms with Gasteiger partial charge in [0.25, 0.3) is 0 Å². The predicted octanol–water partition coefficient (Wildman–Crippen LogP) is 2.89. The van der Waals surface area contributed by atoms with Crippen molar-refractivity contribution in [1.29, 1.82) is 0 Å². The Kier molecular flexibility index (Phi) is 6.82. The fourth-order valence-corrected chi connectivity index (χ4v) is 2.58. The van der Waals surface area contributed by atoms with E-state index in [1.807, 2.05) is 19.1 Å². The molecule has 0 aromatic heterocycles. The normalized spacial score (nSPS) is 13.8. The van der Waals surface area contributed by atoms with E-state index in [1.165, 1.54) is 13.8 Å². The van der Waals surface area contributed by atoms with E-state index in [0.29, 0.717) is 12.3 Å². The number of aliphatic carboxylic acids is 1. The number of aliphatic hydroxyl groups excluding tert-OH is 1. The van der Waals surface area contributed by atoms with Crippen molar-refractivity contribution in [1.82, 2.24) is 5.32 Å². The number of phenolic OH excluding ortho intramolecular Hbond substituents is 1. The molecular weight excluding hydrogens is 346 g/mol. The molecule has 2 aromatic rings. The second-order valence-electron chi connectivity index (χ2n) is 7.09. The lowest BCUT2D eigenvalue weighted by molar-refractivity contribution is -0.152. The van der Waals surface area contributed by atoms with Crippen LogP contribution in [0.2, 0.25) is 0 Å². The van der Waals surface area contributed by atoms with Gasteiger partial charge in [0.15, 0.2) is 5.60 Å². The lowest BCUT2D eigenvalue weighted by Crippen LogP contribution is -2.37. The van der Waals surface area contributed by atoms with Crippen LogP contribution in [0.3, 0.4) is 0 Å². The highest BCUT2D eigenvalue weighted by atomic mass is 16.5. The van der Waals surface area contributed by atoms with Crippen LogP contribution < -0.4 is 10.1 Å². The molecule has 2 rings (SSSR count). The number of hydrogen-bond donors (Lipinski definition) is 4. The molecule has 27 heavy (non-hydrogen) atoms. The van der Waals surface area contributed by atoms with Crippen LogP contribution in [0.1, 0.15) is 38.0 Å². The number of carboxylic acid groups (broad SMARTS) is 1. The summed E-state index contributed by atoms with van der Waals surface area (Å²) in [5, 5.41) is 32.1. The minimum Gasteiger partial charge on any atom is -0.508 e. The van der Waals surface area contributed by atoms with E-state index in [4.69, 9.17) is 9.84 Å². The molecule has 0 fully saturated rings. The van der Waals surface area contributed by atoms with Crippen LogP contribution in [0, 0.1) is 0 Å². The van der Waals surface area contributed by atoms with Gasteiger partial charge in [0.1, 0.15) is 11.5 Å². The third-order valence-corrected chi connectivity index (χ3v) is 4.40. The SMILES string of the molecule is CC(NCCc1ccc(OC(C)(C)C(=O)O)cc1)C(O)c1ccc(O)cc1. The molecule has 4 N–H and O–H groups in total.